The number of rotatable bonds is 32. The number of hydrogen-bond acceptors (Lipinski definition) is 17. The number of amides is 9. The molecule has 0 aliphatic rings. The first-order chi connectivity index (χ1) is 36.3. The number of nitrogens with one attached hydrogen (secondary N) is 11. The Balaban J connectivity index is 1.95. The summed E-state index contributed by atoms with van der Waals surface area (Å²) >= 11 is 0. The molecule has 0 aliphatic carbocycles. The van der Waals surface area contributed by atoms with E-state index in [0.29, 0.717) is 5.56 Å². The van der Waals surface area contributed by atoms with Crippen LogP contribution in [0.3, 0.4) is 0 Å². The average molecular weight is 1090 g/mol. The highest BCUT2D eigenvalue weighted by atomic mass is 16.4. The molecule has 10 atom stereocenters. The van der Waals surface area contributed by atoms with Crippen molar-refractivity contribution in [2.24, 2.45) is 5.92 Å². The summed E-state index contributed by atoms with van der Waals surface area (Å²) in [5.74, 6) is -12.0. The van der Waals surface area contributed by atoms with E-state index in [1.807, 2.05) is 0 Å². The van der Waals surface area contributed by atoms with Crippen molar-refractivity contribution in [2.75, 3.05) is 13.2 Å². The lowest BCUT2D eigenvalue weighted by atomic mass is 10.0. The molecule has 2 heterocycles. The standard InChI is InChI=1S/C47H67N13O17/c1-22(2)16-29(55-44(73)33(20-61)53-25(5)64)40(69)57-32(19-36-50-14-15-51-36)42(71)58-31(18-35-48-12-13-49-35)41(70)56-30(17-26-6-8-27(65)9-7-26)43(72)60-38(24(4)63)46(75)59-34(21-62)45(74)54-28(10-11-37(66)67)39(68)52-23(3)47(76)77/h6-9,12-15,22-24,28-34,38,61-63,65H,10-11,16-21H2,1-5H3,(H,48,49)(H,50,51)(H,52,68)(H,53,64)(H,54,74)(H,55,73)(H,56,70)(H,57,69)(H,58,71)(H,59,75)(H,60,72)(H,66,67)(H,76,77)/t23-,24?,28-,29-,30-,31-,32-,33-,34-,38-/m0/s1. The first kappa shape index (κ1) is 62.8. The molecule has 17 N–H and O–H groups in total. The maximum Gasteiger partial charge on any atom is 0.325 e. The molecule has 0 fully saturated rings. The molecule has 0 saturated heterocycles. The fourth-order valence-corrected chi connectivity index (χ4v) is 7.23. The molecule has 77 heavy (non-hydrogen) atoms. The van der Waals surface area contributed by atoms with Gasteiger partial charge < -0.3 is 88.5 Å². The van der Waals surface area contributed by atoms with Crippen molar-refractivity contribution in [1.29, 1.82) is 0 Å². The molecule has 0 bridgehead atoms. The smallest absolute Gasteiger partial charge is 0.325 e. The lowest BCUT2D eigenvalue weighted by molar-refractivity contribution is -0.142. The zero-order chi connectivity index (χ0) is 57.5. The number of carbonyl (C=O) groups excluding carboxylic acids is 9. The first-order valence-corrected chi connectivity index (χ1v) is 24.1. The van der Waals surface area contributed by atoms with Gasteiger partial charge in [-0.05, 0) is 50.3 Å². The third kappa shape index (κ3) is 21.3. The quantitative estimate of drug-likeness (QED) is 0.0277. The summed E-state index contributed by atoms with van der Waals surface area (Å²) in [7, 11) is 0. The molecule has 1 aromatic carbocycles. The number of aliphatic hydroxyl groups is 3. The summed E-state index contributed by atoms with van der Waals surface area (Å²) in [5, 5.41) is 80.2. The number of aliphatic carboxylic acids is 2. The zero-order valence-electron chi connectivity index (χ0n) is 42.7. The highest BCUT2D eigenvalue weighted by Gasteiger charge is 2.37. The number of nitrogens with zero attached hydrogens (tertiary/aromatic N) is 2. The van der Waals surface area contributed by atoms with Crippen molar-refractivity contribution in [3.8, 4) is 5.75 Å². The number of H-pyrrole nitrogens is 2. The number of imidazole rings is 2. The van der Waals surface area contributed by atoms with E-state index >= 15 is 0 Å². The molecule has 0 spiro atoms. The molecule has 0 radical (unpaired) electrons. The number of carboxylic acids is 2. The number of aromatic amines is 2. The summed E-state index contributed by atoms with van der Waals surface area (Å²) in [6, 6.07) is -9.15. The molecule has 2 aromatic heterocycles. The highest BCUT2D eigenvalue weighted by Crippen LogP contribution is 2.14. The van der Waals surface area contributed by atoms with Gasteiger partial charge in [-0.15, -0.1) is 0 Å². The average Bonchev–Trinajstić information content (AvgIpc) is 4.09. The summed E-state index contributed by atoms with van der Waals surface area (Å²) in [6.07, 6.45) is 1.63. The van der Waals surface area contributed by atoms with Crippen LogP contribution in [0.4, 0.5) is 0 Å². The Morgan fingerprint density at radius 3 is 1.38 bits per heavy atom. The van der Waals surface area contributed by atoms with Crippen LogP contribution < -0.4 is 47.9 Å². The van der Waals surface area contributed by atoms with Gasteiger partial charge in [-0.25, -0.2) is 9.97 Å². The van der Waals surface area contributed by atoms with Crippen molar-refractivity contribution in [3.05, 3.63) is 66.3 Å². The van der Waals surface area contributed by atoms with Gasteiger partial charge in [-0.1, -0.05) is 26.0 Å². The van der Waals surface area contributed by atoms with Crippen LogP contribution in [0.2, 0.25) is 0 Å². The molecular weight excluding hydrogens is 1020 g/mol. The van der Waals surface area contributed by atoms with E-state index in [4.69, 9.17) is 0 Å². The molecule has 3 rings (SSSR count). The first-order valence-electron chi connectivity index (χ1n) is 24.1. The Morgan fingerprint density at radius 2 is 0.948 bits per heavy atom. The summed E-state index contributed by atoms with van der Waals surface area (Å²) in [4.78, 5) is 158. The maximum atomic E-state index is 14.5. The van der Waals surface area contributed by atoms with E-state index in [0.717, 1.165) is 20.8 Å². The van der Waals surface area contributed by atoms with Crippen LogP contribution in [0, 0.1) is 5.92 Å². The molecule has 0 aliphatic heterocycles. The van der Waals surface area contributed by atoms with E-state index in [1.165, 1.54) is 49.1 Å². The number of hydrogen-bond donors (Lipinski definition) is 17. The van der Waals surface area contributed by atoms with Crippen LogP contribution in [0.1, 0.15) is 71.1 Å². The summed E-state index contributed by atoms with van der Waals surface area (Å²) in [6.45, 7) is 4.86. The highest BCUT2D eigenvalue weighted by molar-refractivity contribution is 5.98. The lowest BCUT2D eigenvalue weighted by Gasteiger charge is -2.28. The molecule has 3 aromatic rings. The number of carbonyl (C=O) groups is 11. The maximum absolute atomic E-state index is 14.5. The van der Waals surface area contributed by atoms with Crippen LogP contribution in [0.5, 0.6) is 5.75 Å². The topological polar surface area (TPSA) is 475 Å². The normalized spacial score (nSPS) is 15.0. The number of aromatic hydroxyl groups is 1. The van der Waals surface area contributed by atoms with Crippen LogP contribution in [0.15, 0.2) is 49.1 Å². The van der Waals surface area contributed by atoms with Gasteiger partial charge in [0.25, 0.3) is 0 Å². The Kier molecular flexibility index (Phi) is 25.1. The van der Waals surface area contributed by atoms with E-state index in [2.05, 4.69) is 67.8 Å². The molecule has 30 nitrogen and oxygen atoms in total. The van der Waals surface area contributed by atoms with Crippen molar-refractivity contribution in [2.45, 2.75) is 134 Å². The third-order valence-corrected chi connectivity index (χ3v) is 11.3. The van der Waals surface area contributed by atoms with Crippen molar-refractivity contribution < 1.29 is 83.4 Å². The predicted octanol–water partition coefficient (Wildman–Crippen LogP) is -5.37. The van der Waals surface area contributed by atoms with Crippen LogP contribution in [0.25, 0.3) is 0 Å². The molecular formula is C47H67N13O17. The fourth-order valence-electron chi connectivity index (χ4n) is 7.23. The van der Waals surface area contributed by atoms with Gasteiger partial charge in [0.05, 0.1) is 19.3 Å². The molecule has 30 heteroatoms. The predicted molar refractivity (Wildman–Crippen MR) is 265 cm³/mol. The van der Waals surface area contributed by atoms with Gasteiger partial charge in [0.15, 0.2) is 0 Å². The van der Waals surface area contributed by atoms with Crippen LogP contribution in [-0.4, -0.2) is 189 Å². The van der Waals surface area contributed by atoms with Crippen LogP contribution >= 0.6 is 0 Å². The Bertz CT molecular complexity index is 2490. The Labute approximate surface area is 440 Å². The molecule has 0 saturated carbocycles. The summed E-state index contributed by atoms with van der Waals surface area (Å²) in [5.41, 5.74) is 0.329. The number of benzene rings is 1. The third-order valence-electron chi connectivity index (χ3n) is 11.3. The fraction of sp³-hybridized carbons (Fsp3) is 0.511. The van der Waals surface area contributed by atoms with Gasteiger partial charge in [-0.3, -0.25) is 52.7 Å². The minimum absolute atomic E-state index is 0.0293. The van der Waals surface area contributed by atoms with E-state index in [9.17, 15) is 83.4 Å². The van der Waals surface area contributed by atoms with Crippen molar-refractivity contribution in [1.82, 2.24) is 67.8 Å². The SMILES string of the molecule is CC(=O)N[C@@H](CO)C(=O)N[C@@H](CC(C)C)C(=O)N[C@@H](Cc1ncc[nH]1)C(=O)N[C@@H](Cc1ncc[nH]1)C(=O)N[C@@H](Cc1ccc(O)cc1)C(=O)N[C@H](C(=O)N[C@@H](CO)C(=O)N[C@@H](CCC(=O)O)C(=O)N[C@@H](C)C(=O)O)C(C)O. The van der Waals surface area contributed by atoms with Gasteiger partial charge in [0.1, 0.15) is 71.8 Å². The molecule has 422 valence electrons. The number of phenols is 1. The molecule has 1 unspecified atom stereocenters. The lowest BCUT2D eigenvalue weighted by Crippen LogP contribution is -2.63. The number of aliphatic hydroxyl groups excluding tert-OH is 3. The zero-order valence-corrected chi connectivity index (χ0v) is 42.7. The van der Waals surface area contributed by atoms with Crippen molar-refractivity contribution >= 4 is 65.1 Å². The van der Waals surface area contributed by atoms with Crippen molar-refractivity contribution in [3.63, 3.8) is 0 Å². The Hall–Kier alpha value is -8.51. The van der Waals surface area contributed by atoms with E-state index < -0.39 is 152 Å². The second kappa shape index (κ2) is 30.8. The van der Waals surface area contributed by atoms with Crippen LogP contribution in [-0.2, 0) is 72.0 Å². The van der Waals surface area contributed by atoms with Gasteiger partial charge in [-0.2, -0.15) is 0 Å². The number of phenolic OH excluding ortho intramolecular Hbond substituents is 1. The number of carboxylic acid groups (broad SMARTS) is 2. The van der Waals surface area contributed by atoms with Gasteiger partial charge in [0.2, 0.25) is 53.2 Å². The Morgan fingerprint density at radius 1 is 0.532 bits per heavy atom. The minimum Gasteiger partial charge on any atom is -0.508 e. The monoisotopic (exact) mass is 1090 g/mol. The second-order valence-corrected chi connectivity index (χ2v) is 18.2. The second-order valence-electron chi connectivity index (χ2n) is 18.2. The van der Waals surface area contributed by atoms with E-state index in [1.54, 1.807) is 13.8 Å². The van der Waals surface area contributed by atoms with E-state index in [-0.39, 0.29) is 49.0 Å². The largest absolute Gasteiger partial charge is 0.508 e. The number of aromatic nitrogens is 4. The summed E-state index contributed by atoms with van der Waals surface area (Å²) < 4.78 is 0. The minimum atomic E-state index is -1.94. The van der Waals surface area contributed by atoms with Gasteiger partial charge >= 0.3 is 11.9 Å². The molecule has 9 amide bonds. The van der Waals surface area contributed by atoms with Gasteiger partial charge in [0, 0.05) is 57.4 Å².